The summed E-state index contributed by atoms with van der Waals surface area (Å²) in [6.45, 7) is 9.92. The Bertz CT molecular complexity index is 773. The molecule has 146 valence electrons. The fraction of sp³-hybridized carbons (Fsp3) is 0.429. The van der Waals surface area contributed by atoms with E-state index in [0.717, 1.165) is 12.2 Å². The molecule has 2 rings (SSSR count). The van der Waals surface area contributed by atoms with E-state index < -0.39 is 0 Å². The number of benzene rings is 1. The second-order valence-corrected chi connectivity index (χ2v) is 6.67. The van der Waals surface area contributed by atoms with Crippen molar-refractivity contribution < 1.29 is 14.3 Å². The summed E-state index contributed by atoms with van der Waals surface area (Å²) in [7, 11) is 0. The highest BCUT2D eigenvalue weighted by molar-refractivity contribution is 5.75. The smallest absolute Gasteiger partial charge is 0.315 e. The SMILES string of the molecule is CCOC(=O)CCNC(=O)NCc1cccn1Cc1c(C)cc(C)cc1C. The second-order valence-electron chi connectivity index (χ2n) is 6.67. The quantitative estimate of drug-likeness (QED) is 0.700. The van der Waals surface area contributed by atoms with Crippen molar-refractivity contribution in [3.63, 3.8) is 0 Å². The molecule has 0 fully saturated rings. The van der Waals surface area contributed by atoms with Crippen molar-refractivity contribution in [2.75, 3.05) is 13.2 Å². The number of nitrogens with one attached hydrogen (secondary N) is 2. The molecule has 0 unspecified atom stereocenters. The normalized spacial score (nSPS) is 10.5. The average Bonchev–Trinajstić information content (AvgIpc) is 3.03. The van der Waals surface area contributed by atoms with Gasteiger partial charge in [0.1, 0.15) is 0 Å². The molecule has 0 saturated heterocycles. The number of rotatable bonds is 8. The summed E-state index contributed by atoms with van der Waals surface area (Å²) in [5.74, 6) is -0.310. The third-order valence-corrected chi connectivity index (χ3v) is 4.44. The van der Waals surface area contributed by atoms with Crippen LogP contribution in [0.2, 0.25) is 0 Å². The number of hydrogen-bond donors (Lipinski definition) is 2. The Hall–Kier alpha value is -2.76. The number of amides is 2. The van der Waals surface area contributed by atoms with Gasteiger partial charge in [0.15, 0.2) is 0 Å². The van der Waals surface area contributed by atoms with Gasteiger partial charge in [0.25, 0.3) is 0 Å². The molecule has 0 spiro atoms. The Kier molecular flexibility index (Phi) is 7.46. The summed E-state index contributed by atoms with van der Waals surface area (Å²) in [5.41, 5.74) is 6.14. The molecule has 1 aromatic heterocycles. The highest BCUT2D eigenvalue weighted by atomic mass is 16.5. The Morgan fingerprint density at radius 1 is 1.11 bits per heavy atom. The summed E-state index contributed by atoms with van der Waals surface area (Å²) < 4.78 is 6.97. The highest BCUT2D eigenvalue weighted by Gasteiger charge is 2.09. The minimum Gasteiger partial charge on any atom is -0.466 e. The van der Waals surface area contributed by atoms with Crippen molar-refractivity contribution >= 4 is 12.0 Å². The molecule has 2 aromatic rings. The first kappa shape index (κ1) is 20.6. The summed E-state index contributed by atoms with van der Waals surface area (Å²) in [6, 6.07) is 8.07. The van der Waals surface area contributed by atoms with Gasteiger partial charge in [-0.25, -0.2) is 4.79 Å². The number of esters is 1. The van der Waals surface area contributed by atoms with Gasteiger partial charge in [0, 0.05) is 25.0 Å². The Morgan fingerprint density at radius 3 is 2.48 bits per heavy atom. The van der Waals surface area contributed by atoms with Crippen molar-refractivity contribution in [2.45, 2.75) is 47.2 Å². The molecule has 1 heterocycles. The van der Waals surface area contributed by atoms with Crippen LogP contribution in [-0.4, -0.2) is 29.7 Å². The summed E-state index contributed by atoms with van der Waals surface area (Å²) in [5, 5.41) is 5.50. The monoisotopic (exact) mass is 371 g/mol. The van der Waals surface area contributed by atoms with Gasteiger partial charge in [-0.2, -0.15) is 0 Å². The van der Waals surface area contributed by atoms with Crippen molar-refractivity contribution in [1.29, 1.82) is 0 Å². The molecule has 6 heteroatoms. The predicted octanol–water partition coefficient (Wildman–Crippen LogP) is 3.21. The number of aromatic nitrogens is 1. The number of urea groups is 1. The van der Waals surface area contributed by atoms with E-state index in [2.05, 4.69) is 48.1 Å². The zero-order valence-corrected chi connectivity index (χ0v) is 16.6. The summed E-state index contributed by atoms with van der Waals surface area (Å²) >= 11 is 0. The molecule has 2 N–H and O–H groups in total. The minimum atomic E-state index is -0.310. The van der Waals surface area contributed by atoms with E-state index in [9.17, 15) is 9.59 Å². The molecule has 1 aromatic carbocycles. The maximum atomic E-state index is 11.9. The first-order valence-corrected chi connectivity index (χ1v) is 9.28. The van der Waals surface area contributed by atoms with Crippen LogP contribution in [0.4, 0.5) is 4.79 Å². The van der Waals surface area contributed by atoms with Crippen molar-refractivity contribution in [1.82, 2.24) is 15.2 Å². The third kappa shape index (κ3) is 6.16. The number of carbonyl (C=O) groups excluding carboxylic acids is 2. The molecule has 0 aliphatic heterocycles. The highest BCUT2D eigenvalue weighted by Crippen LogP contribution is 2.18. The standard InChI is InChI=1S/C21H29N3O3/c1-5-27-20(25)8-9-22-21(26)23-13-18-7-6-10-24(18)14-19-16(3)11-15(2)12-17(19)4/h6-7,10-12H,5,8-9,13-14H2,1-4H3,(H2,22,23,26). The molecule has 27 heavy (non-hydrogen) atoms. The molecule has 0 radical (unpaired) electrons. The molecule has 6 nitrogen and oxygen atoms in total. The van der Waals surface area contributed by atoms with Crippen LogP contribution >= 0.6 is 0 Å². The zero-order chi connectivity index (χ0) is 19.8. The van der Waals surface area contributed by atoms with Gasteiger partial charge in [0.2, 0.25) is 0 Å². The lowest BCUT2D eigenvalue weighted by Crippen LogP contribution is -2.36. The van der Waals surface area contributed by atoms with Crippen LogP contribution in [-0.2, 0) is 22.6 Å². The van der Waals surface area contributed by atoms with Crippen LogP contribution in [0.3, 0.4) is 0 Å². The van der Waals surface area contributed by atoms with Crippen molar-refractivity contribution in [3.8, 4) is 0 Å². The number of nitrogens with zero attached hydrogens (tertiary/aromatic N) is 1. The van der Waals surface area contributed by atoms with E-state index in [-0.39, 0.29) is 25.0 Å². The molecule has 0 saturated carbocycles. The Balaban J connectivity index is 1.88. The van der Waals surface area contributed by atoms with Crippen LogP contribution in [0.1, 0.15) is 41.3 Å². The Morgan fingerprint density at radius 2 is 1.81 bits per heavy atom. The van der Waals surface area contributed by atoms with Crippen molar-refractivity contribution in [2.24, 2.45) is 0 Å². The number of ether oxygens (including phenoxy) is 1. The molecule has 0 bridgehead atoms. The van der Waals surface area contributed by atoms with E-state index in [1.54, 1.807) is 6.92 Å². The number of aryl methyl sites for hydroxylation is 3. The van der Waals surface area contributed by atoms with Crippen LogP contribution in [0.5, 0.6) is 0 Å². The van der Waals surface area contributed by atoms with Gasteiger partial charge < -0.3 is 19.9 Å². The molecule has 0 atom stereocenters. The first-order valence-electron chi connectivity index (χ1n) is 9.28. The number of hydrogen-bond acceptors (Lipinski definition) is 3. The molecular formula is C21H29N3O3. The summed E-state index contributed by atoms with van der Waals surface area (Å²) in [4.78, 5) is 23.2. The van der Waals surface area contributed by atoms with Crippen molar-refractivity contribution in [3.05, 3.63) is 58.4 Å². The number of carbonyl (C=O) groups is 2. The molecule has 0 aliphatic carbocycles. The first-order chi connectivity index (χ1) is 12.9. The van der Waals surface area contributed by atoms with E-state index in [0.29, 0.717) is 13.2 Å². The average molecular weight is 371 g/mol. The van der Waals surface area contributed by atoms with Gasteiger partial charge in [-0.3, -0.25) is 4.79 Å². The zero-order valence-electron chi connectivity index (χ0n) is 16.6. The molecule has 0 aliphatic rings. The lowest BCUT2D eigenvalue weighted by molar-refractivity contribution is -0.142. The third-order valence-electron chi connectivity index (χ3n) is 4.44. The lowest BCUT2D eigenvalue weighted by Gasteiger charge is -2.15. The Labute approximate surface area is 160 Å². The largest absolute Gasteiger partial charge is 0.466 e. The minimum absolute atomic E-state index is 0.170. The van der Waals surface area contributed by atoms with Crippen LogP contribution in [0.15, 0.2) is 30.5 Å². The van der Waals surface area contributed by atoms with Crippen LogP contribution in [0, 0.1) is 20.8 Å². The maximum Gasteiger partial charge on any atom is 0.315 e. The molecule has 2 amide bonds. The van der Waals surface area contributed by atoms with E-state index >= 15 is 0 Å². The van der Waals surface area contributed by atoms with Gasteiger partial charge in [-0.15, -0.1) is 0 Å². The van der Waals surface area contributed by atoms with Gasteiger partial charge in [0.05, 0.1) is 19.6 Å². The lowest BCUT2D eigenvalue weighted by atomic mass is 10.00. The fourth-order valence-electron chi connectivity index (χ4n) is 3.14. The fourth-order valence-corrected chi connectivity index (χ4v) is 3.14. The maximum absolute atomic E-state index is 11.9. The van der Waals surface area contributed by atoms with E-state index in [1.165, 1.54) is 22.3 Å². The molecular weight excluding hydrogens is 342 g/mol. The topological polar surface area (TPSA) is 72.4 Å². The van der Waals surface area contributed by atoms with Gasteiger partial charge in [-0.1, -0.05) is 17.7 Å². The van der Waals surface area contributed by atoms with E-state index in [4.69, 9.17) is 4.74 Å². The van der Waals surface area contributed by atoms with Gasteiger partial charge in [-0.05, 0) is 56.5 Å². The summed E-state index contributed by atoms with van der Waals surface area (Å²) in [6.07, 6.45) is 2.19. The second kappa shape index (κ2) is 9.80. The predicted molar refractivity (Wildman–Crippen MR) is 106 cm³/mol. The van der Waals surface area contributed by atoms with Crippen LogP contribution in [0.25, 0.3) is 0 Å². The van der Waals surface area contributed by atoms with E-state index in [1.807, 2.05) is 18.3 Å². The van der Waals surface area contributed by atoms with Gasteiger partial charge >= 0.3 is 12.0 Å². The van der Waals surface area contributed by atoms with Crippen LogP contribution < -0.4 is 10.6 Å².